The second-order valence-electron chi connectivity index (χ2n) is 3.04. The maximum Gasteiger partial charge on any atom is 0.0989 e. The SMILES string of the molecule is CN(C)COCc1ccccc1. The highest BCUT2D eigenvalue weighted by molar-refractivity contribution is 5.13. The van der Waals surface area contributed by atoms with Crippen LogP contribution >= 0.6 is 0 Å². The quantitative estimate of drug-likeness (QED) is 0.630. The van der Waals surface area contributed by atoms with Crippen LogP contribution in [0.25, 0.3) is 0 Å². The molecule has 0 saturated heterocycles. The van der Waals surface area contributed by atoms with Gasteiger partial charge in [-0.2, -0.15) is 0 Å². The minimum atomic E-state index is 0.675. The molecule has 0 saturated carbocycles. The molecule has 0 aromatic heterocycles. The Kier molecular flexibility index (Phi) is 3.77. The molecule has 1 aromatic carbocycles. The van der Waals surface area contributed by atoms with Gasteiger partial charge in [0, 0.05) is 0 Å². The van der Waals surface area contributed by atoms with Gasteiger partial charge in [-0.25, -0.2) is 0 Å². The first-order chi connectivity index (χ1) is 5.79. The normalized spacial score (nSPS) is 10.6. The molecule has 2 heteroatoms. The molecule has 0 aliphatic heterocycles. The molecule has 0 atom stereocenters. The van der Waals surface area contributed by atoms with E-state index in [1.165, 1.54) is 5.56 Å². The lowest BCUT2D eigenvalue weighted by Gasteiger charge is -2.09. The summed E-state index contributed by atoms with van der Waals surface area (Å²) >= 11 is 0. The van der Waals surface area contributed by atoms with Gasteiger partial charge >= 0.3 is 0 Å². The van der Waals surface area contributed by atoms with Crippen molar-refractivity contribution < 1.29 is 4.74 Å². The van der Waals surface area contributed by atoms with Crippen LogP contribution in [0.1, 0.15) is 5.56 Å². The Balaban J connectivity index is 2.25. The van der Waals surface area contributed by atoms with Crippen LogP contribution in [0, 0.1) is 0 Å². The number of hydrogen-bond donors (Lipinski definition) is 0. The Morgan fingerprint density at radius 1 is 1.17 bits per heavy atom. The monoisotopic (exact) mass is 165 g/mol. The highest BCUT2D eigenvalue weighted by Gasteiger charge is 1.91. The summed E-state index contributed by atoms with van der Waals surface area (Å²) in [7, 11) is 3.98. The molecule has 0 bridgehead atoms. The van der Waals surface area contributed by atoms with Crippen LogP contribution in [0.15, 0.2) is 30.3 Å². The third kappa shape index (κ3) is 3.51. The van der Waals surface area contributed by atoms with Crippen LogP contribution in [0.3, 0.4) is 0 Å². The van der Waals surface area contributed by atoms with Crippen LogP contribution in [-0.4, -0.2) is 25.7 Å². The Morgan fingerprint density at radius 3 is 2.42 bits per heavy atom. The summed E-state index contributed by atoms with van der Waals surface area (Å²) in [6.45, 7) is 1.37. The van der Waals surface area contributed by atoms with Crippen molar-refractivity contribution in [2.75, 3.05) is 20.8 Å². The van der Waals surface area contributed by atoms with Crippen molar-refractivity contribution >= 4 is 0 Å². The number of benzene rings is 1. The minimum absolute atomic E-state index is 0.675. The minimum Gasteiger partial charge on any atom is -0.361 e. The Morgan fingerprint density at radius 2 is 1.83 bits per heavy atom. The smallest absolute Gasteiger partial charge is 0.0989 e. The van der Waals surface area contributed by atoms with Crippen LogP contribution in [-0.2, 0) is 11.3 Å². The van der Waals surface area contributed by atoms with Gasteiger partial charge in [-0.3, -0.25) is 4.90 Å². The lowest BCUT2D eigenvalue weighted by molar-refractivity contribution is 0.0451. The van der Waals surface area contributed by atoms with Crippen molar-refractivity contribution in [3.63, 3.8) is 0 Å². The van der Waals surface area contributed by atoms with E-state index in [-0.39, 0.29) is 0 Å². The predicted octanol–water partition coefficient (Wildman–Crippen LogP) is 1.72. The fourth-order valence-electron chi connectivity index (χ4n) is 0.920. The summed E-state index contributed by atoms with van der Waals surface area (Å²) in [5, 5.41) is 0. The summed E-state index contributed by atoms with van der Waals surface area (Å²) in [6.07, 6.45) is 0. The molecule has 12 heavy (non-hydrogen) atoms. The molecule has 0 heterocycles. The van der Waals surface area contributed by atoms with Gasteiger partial charge in [-0.05, 0) is 19.7 Å². The van der Waals surface area contributed by atoms with E-state index in [2.05, 4.69) is 12.1 Å². The third-order valence-corrected chi connectivity index (χ3v) is 1.46. The van der Waals surface area contributed by atoms with Gasteiger partial charge in [-0.15, -0.1) is 0 Å². The van der Waals surface area contributed by atoms with Crippen LogP contribution in [0.5, 0.6) is 0 Å². The lowest BCUT2D eigenvalue weighted by atomic mass is 10.2. The molecule has 66 valence electrons. The first-order valence-corrected chi connectivity index (χ1v) is 4.05. The van der Waals surface area contributed by atoms with Gasteiger partial charge in [0.1, 0.15) is 0 Å². The molecule has 0 spiro atoms. The number of ether oxygens (including phenoxy) is 1. The first kappa shape index (κ1) is 9.23. The lowest BCUT2D eigenvalue weighted by Crippen LogP contribution is -2.15. The van der Waals surface area contributed by atoms with Gasteiger partial charge < -0.3 is 4.74 Å². The van der Waals surface area contributed by atoms with E-state index in [0.29, 0.717) is 13.3 Å². The summed E-state index contributed by atoms with van der Waals surface area (Å²) < 4.78 is 5.41. The average Bonchev–Trinajstić information content (AvgIpc) is 2.05. The fraction of sp³-hybridized carbons (Fsp3) is 0.400. The molecule has 0 radical (unpaired) electrons. The largest absolute Gasteiger partial charge is 0.361 e. The van der Waals surface area contributed by atoms with E-state index in [1.54, 1.807) is 0 Å². The van der Waals surface area contributed by atoms with Gasteiger partial charge in [0.05, 0.1) is 13.3 Å². The maximum absolute atomic E-state index is 5.41. The second-order valence-corrected chi connectivity index (χ2v) is 3.04. The predicted molar refractivity (Wildman–Crippen MR) is 49.8 cm³/mol. The fourth-order valence-corrected chi connectivity index (χ4v) is 0.920. The number of nitrogens with zero attached hydrogens (tertiary/aromatic N) is 1. The zero-order valence-corrected chi connectivity index (χ0v) is 7.66. The van der Waals surface area contributed by atoms with Crippen molar-refractivity contribution in [1.82, 2.24) is 4.90 Å². The second kappa shape index (κ2) is 4.91. The molecule has 0 amide bonds. The van der Waals surface area contributed by atoms with Crippen molar-refractivity contribution in [1.29, 1.82) is 0 Å². The van der Waals surface area contributed by atoms with E-state index < -0.39 is 0 Å². The van der Waals surface area contributed by atoms with Crippen molar-refractivity contribution in [3.05, 3.63) is 35.9 Å². The molecule has 0 N–H and O–H groups in total. The highest BCUT2D eigenvalue weighted by atomic mass is 16.5. The van der Waals surface area contributed by atoms with E-state index in [9.17, 15) is 0 Å². The van der Waals surface area contributed by atoms with Gasteiger partial charge in [0.2, 0.25) is 0 Å². The molecule has 0 aliphatic carbocycles. The van der Waals surface area contributed by atoms with E-state index >= 15 is 0 Å². The third-order valence-electron chi connectivity index (χ3n) is 1.46. The Hall–Kier alpha value is -0.860. The van der Waals surface area contributed by atoms with Gasteiger partial charge in [0.15, 0.2) is 0 Å². The molecule has 1 aromatic rings. The molecule has 0 fully saturated rings. The van der Waals surface area contributed by atoms with Gasteiger partial charge in [-0.1, -0.05) is 30.3 Å². The standard InChI is InChI=1S/C10H15NO/c1-11(2)9-12-8-10-6-4-3-5-7-10/h3-7H,8-9H2,1-2H3. The van der Waals surface area contributed by atoms with Crippen molar-refractivity contribution in [2.45, 2.75) is 6.61 Å². The van der Waals surface area contributed by atoms with E-state index in [4.69, 9.17) is 4.74 Å². The molecular formula is C10H15NO. The molecule has 1 rings (SSSR count). The van der Waals surface area contributed by atoms with E-state index in [0.717, 1.165) is 0 Å². The number of rotatable bonds is 4. The topological polar surface area (TPSA) is 12.5 Å². The Labute approximate surface area is 73.8 Å². The van der Waals surface area contributed by atoms with Crippen molar-refractivity contribution in [3.8, 4) is 0 Å². The van der Waals surface area contributed by atoms with Crippen LogP contribution in [0.4, 0.5) is 0 Å². The molecular weight excluding hydrogens is 150 g/mol. The average molecular weight is 165 g/mol. The highest BCUT2D eigenvalue weighted by Crippen LogP contribution is 1.99. The summed E-state index contributed by atoms with van der Waals surface area (Å²) in [6, 6.07) is 10.2. The molecule has 2 nitrogen and oxygen atoms in total. The molecule has 0 unspecified atom stereocenters. The van der Waals surface area contributed by atoms with Crippen LogP contribution < -0.4 is 0 Å². The van der Waals surface area contributed by atoms with E-state index in [1.807, 2.05) is 37.2 Å². The first-order valence-electron chi connectivity index (χ1n) is 4.05. The summed E-state index contributed by atoms with van der Waals surface area (Å²) in [5.41, 5.74) is 1.22. The maximum atomic E-state index is 5.41. The number of hydrogen-bond acceptors (Lipinski definition) is 2. The summed E-state index contributed by atoms with van der Waals surface area (Å²) in [4.78, 5) is 2.00. The molecule has 0 aliphatic rings. The zero-order valence-electron chi connectivity index (χ0n) is 7.66. The summed E-state index contributed by atoms with van der Waals surface area (Å²) in [5.74, 6) is 0. The van der Waals surface area contributed by atoms with Crippen molar-refractivity contribution in [2.24, 2.45) is 0 Å². The zero-order chi connectivity index (χ0) is 8.81. The van der Waals surface area contributed by atoms with Gasteiger partial charge in [0.25, 0.3) is 0 Å². The Bertz CT molecular complexity index is 208. The van der Waals surface area contributed by atoms with Crippen LogP contribution in [0.2, 0.25) is 0 Å².